The predicted molar refractivity (Wildman–Crippen MR) is 92.8 cm³/mol. The number of benzene rings is 1. The van der Waals surface area contributed by atoms with Gasteiger partial charge in [0, 0.05) is 0 Å². The fourth-order valence-corrected chi connectivity index (χ4v) is 5.11. The quantitative estimate of drug-likeness (QED) is 0.635. The SMILES string of the molecule is O=S(=O)(c1ccccc1)C1CCCCCCCCCCC1=NO. The summed E-state index contributed by atoms with van der Waals surface area (Å²) < 4.78 is 26.0. The second-order valence-electron chi connectivity index (χ2n) is 6.31. The fraction of sp³-hybridized carbons (Fsp3) is 0.611. The fourth-order valence-electron chi connectivity index (χ4n) is 3.25. The van der Waals surface area contributed by atoms with Crippen LogP contribution in [0.5, 0.6) is 0 Å². The zero-order valence-electron chi connectivity index (χ0n) is 13.7. The maximum Gasteiger partial charge on any atom is 0.186 e. The first kappa shape index (κ1) is 18.0. The minimum atomic E-state index is -3.50. The van der Waals surface area contributed by atoms with Crippen molar-refractivity contribution in [3.05, 3.63) is 30.3 Å². The lowest BCUT2D eigenvalue weighted by molar-refractivity contribution is 0.315. The molecule has 0 bridgehead atoms. The van der Waals surface area contributed by atoms with Crippen LogP contribution in [0.2, 0.25) is 0 Å². The van der Waals surface area contributed by atoms with E-state index in [0.717, 1.165) is 32.1 Å². The first-order valence-corrected chi connectivity index (χ1v) is 10.2. The molecular formula is C18H27NO3S. The zero-order chi connectivity index (χ0) is 16.5. The van der Waals surface area contributed by atoms with Crippen LogP contribution in [-0.2, 0) is 9.84 Å². The molecule has 1 fully saturated rings. The average molecular weight is 337 g/mol. The molecule has 1 aromatic rings. The van der Waals surface area contributed by atoms with E-state index in [9.17, 15) is 13.6 Å². The van der Waals surface area contributed by atoms with Gasteiger partial charge in [0.25, 0.3) is 0 Å². The van der Waals surface area contributed by atoms with Crippen molar-refractivity contribution in [2.45, 2.75) is 74.4 Å². The standard InChI is InChI=1S/C18H27NO3S/c20-19-17-14-10-5-3-1-2-4-6-11-15-18(17)23(21,22)16-12-8-7-9-13-16/h7-9,12-13,18,20H,1-6,10-11,14-15H2. The summed E-state index contributed by atoms with van der Waals surface area (Å²) in [5, 5.41) is 12.1. The normalized spacial score (nSPS) is 23.8. The van der Waals surface area contributed by atoms with Crippen LogP contribution in [-0.4, -0.2) is 24.6 Å². The zero-order valence-corrected chi connectivity index (χ0v) is 14.5. The third-order valence-corrected chi connectivity index (χ3v) is 6.78. The minimum Gasteiger partial charge on any atom is -0.411 e. The Morgan fingerprint density at radius 1 is 0.870 bits per heavy atom. The molecule has 4 nitrogen and oxygen atoms in total. The lowest BCUT2D eigenvalue weighted by Gasteiger charge is -2.20. The van der Waals surface area contributed by atoms with Crippen LogP contribution < -0.4 is 0 Å². The summed E-state index contributed by atoms with van der Waals surface area (Å²) >= 11 is 0. The van der Waals surface area contributed by atoms with Gasteiger partial charge in [0.15, 0.2) is 9.84 Å². The Hall–Kier alpha value is -1.36. The van der Waals surface area contributed by atoms with Crippen LogP contribution in [0.3, 0.4) is 0 Å². The molecule has 0 aromatic heterocycles. The van der Waals surface area contributed by atoms with Crippen LogP contribution in [0, 0.1) is 0 Å². The number of hydrogen-bond acceptors (Lipinski definition) is 4. The van der Waals surface area contributed by atoms with Gasteiger partial charge in [0.05, 0.1) is 10.6 Å². The van der Waals surface area contributed by atoms with Crippen molar-refractivity contribution in [2.24, 2.45) is 5.16 Å². The summed E-state index contributed by atoms with van der Waals surface area (Å²) in [6.45, 7) is 0. The molecule has 0 heterocycles. The van der Waals surface area contributed by atoms with Gasteiger partial charge < -0.3 is 5.21 Å². The van der Waals surface area contributed by atoms with Gasteiger partial charge in [-0.05, 0) is 31.4 Å². The monoisotopic (exact) mass is 337 g/mol. The third-order valence-electron chi connectivity index (χ3n) is 4.60. The van der Waals surface area contributed by atoms with E-state index in [2.05, 4.69) is 5.16 Å². The summed E-state index contributed by atoms with van der Waals surface area (Å²) in [5.74, 6) is 0. The molecule has 1 saturated carbocycles. The van der Waals surface area contributed by atoms with Crippen molar-refractivity contribution in [3.63, 3.8) is 0 Å². The molecule has 23 heavy (non-hydrogen) atoms. The first-order valence-electron chi connectivity index (χ1n) is 8.66. The number of sulfone groups is 1. The number of hydrogen-bond donors (Lipinski definition) is 1. The van der Waals surface area contributed by atoms with Gasteiger partial charge in [-0.2, -0.15) is 0 Å². The highest BCUT2D eigenvalue weighted by Gasteiger charge is 2.31. The van der Waals surface area contributed by atoms with Crippen LogP contribution in [0.15, 0.2) is 40.4 Å². The largest absolute Gasteiger partial charge is 0.411 e. The molecule has 1 aliphatic rings. The van der Waals surface area contributed by atoms with Gasteiger partial charge in [-0.25, -0.2) is 8.42 Å². The van der Waals surface area contributed by atoms with Crippen LogP contribution >= 0.6 is 0 Å². The van der Waals surface area contributed by atoms with Crippen molar-refractivity contribution in [2.75, 3.05) is 0 Å². The molecular weight excluding hydrogens is 310 g/mol. The van der Waals surface area contributed by atoms with Crippen molar-refractivity contribution in [3.8, 4) is 0 Å². The van der Waals surface area contributed by atoms with E-state index < -0.39 is 15.1 Å². The Kier molecular flexibility index (Phi) is 7.09. The Balaban J connectivity index is 2.24. The molecule has 1 atom stereocenters. The van der Waals surface area contributed by atoms with E-state index in [1.807, 2.05) is 0 Å². The third kappa shape index (κ3) is 5.06. The smallest absolute Gasteiger partial charge is 0.186 e. The Morgan fingerprint density at radius 2 is 1.43 bits per heavy atom. The molecule has 0 aliphatic heterocycles. The van der Waals surface area contributed by atoms with Gasteiger partial charge in [-0.1, -0.05) is 68.3 Å². The molecule has 0 radical (unpaired) electrons. The van der Waals surface area contributed by atoms with E-state index in [-0.39, 0.29) is 0 Å². The Morgan fingerprint density at radius 3 is 2.04 bits per heavy atom. The van der Waals surface area contributed by atoms with E-state index >= 15 is 0 Å². The number of nitrogens with zero attached hydrogens (tertiary/aromatic N) is 1. The Bertz CT molecular complexity index is 596. The maximum absolute atomic E-state index is 13.0. The second-order valence-corrected chi connectivity index (χ2v) is 8.44. The molecule has 0 amide bonds. The van der Waals surface area contributed by atoms with E-state index in [4.69, 9.17) is 0 Å². The lowest BCUT2D eigenvalue weighted by atomic mass is 9.99. The maximum atomic E-state index is 13.0. The van der Waals surface area contributed by atoms with Gasteiger partial charge in [0.1, 0.15) is 5.25 Å². The Labute approximate surface area is 139 Å². The highest BCUT2D eigenvalue weighted by Crippen LogP contribution is 2.25. The summed E-state index contributed by atoms with van der Waals surface area (Å²) in [6.07, 6.45) is 9.77. The van der Waals surface area contributed by atoms with Crippen LogP contribution in [0.1, 0.15) is 64.2 Å². The van der Waals surface area contributed by atoms with Crippen molar-refractivity contribution in [1.82, 2.24) is 0 Å². The molecule has 1 aromatic carbocycles. The molecule has 5 heteroatoms. The van der Waals surface area contributed by atoms with E-state index in [0.29, 0.717) is 23.4 Å². The lowest BCUT2D eigenvalue weighted by Crippen LogP contribution is -2.31. The van der Waals surface area contributed by atoms with Crippen molar-refractivity contribution in [1.29, 1.82) is 0 Å². The van der Waals surface area contributed by atoms with Gasteiger partial charge >= 0.3 is 0 Å². The summed E-state index contributed by atoms with van der Waals surface area (Å²) in [6, 6.07) is 8.53. The van der Waals surface area contributed by atoms with Crippen LogP contribution in [0.4, 0.5) is 0 Å². The summed E-state index contributed by atoms with van der Waals surface area (Å²) in [7, 11) is -3.50. The first-order chi connectivity index (χ1) is 11.2. The number of rotatable bonds is 2. The topological polar surface area (TPSA) is 66.7 Å². The highest BCUT2D eigenvalue weighted by atomic mass is 32.2. The van der Waals surface area contributed by atoms with E-state index in [1.165, 1.54) is 19.3 Å². The summed E-state index contributed by atoms with van der Waals surface area (Å²) in [5.41, 5.74) is 0.425. The molecule has 0 spiro atoms. The molecule has 1 unspecified atom stereocenters. The number of oxime groups is 1. The van der Waals surface area contributed by atoms with Crippen molar-refractivity contribution >= 4 is 15.5 Å². The molecule has 0 saturated heterocycles. The highest BCUT2D eigenvalue weighted by molar-refractivity contribution is 7.92. The van der Waals surface area contributed by atoms with Gasteiger partial charge in [0.2, 0.25) is 0 Å². The summed E-state index contributed by atoms with van der Waals surface area (Å²) in [4.78, 5) is 0.318. The average Bonchev–Trinajstić information content (AvgIpc) is 2.56. The molecule has 1 aliphatic carbocycles. The van der Waals surface area contributed by atoms with Gasteiger partial charge in [-0.3, -0.25) is 0 Å². The van der Waals surface area contributed by atoms with Gasteiger partial charge in [-0.15, -0.1) is 0 Å². The molecule has 1 N–H and O–H groups in total. The molecule has 128 valence electrons. The van der Waals surface area contributed by atoms with Crippen molar-refractivity contribution < 1.29 is 13.6 Å². The molecule has 2 rings (SSSR count). The van der Waals surface area contributed by atoms with Crippen LogP contribution in [0.25, 0.3) is 0 Å². The minimum absolute atomic E-state index is 0.318. The predicted octanol–water partition coefficient (Wildman–Crippen LogP) is 4.57. The van der Waals surface area contributed by atoms with E-state index in [1.54, 1.807) is 30.3 Å². The second kappa shape index (κ2) is 9.06.